The first-order valence-corrected chi connectivity index (χ1v) is 10.2. The number of halogens is 1. The number of pyridine rings is 1. The van der Waals surface area contributed by atoms with Crippen molar-refractivity contribution in [1.29, 1.82) is 0 Å². The monoisotopic (exact) mass is 399 g/mol. The summed E-state index contributed by atoms with van der Waals surface area (Å²) >= 11 is 0. The molecule has 4 nitrogen and oxygen atoms in total. The molecule has 0 saturated carbocycles. The average Bonchev–Trinajstić information content (AvgIpc) is 3.14. The Labute approximate surface area is 175 Å². The normalized spacial score (nSPS) is 15.1. The third-order valence-electron chi connectivity index (χ3n) is 5.90. The predicted molar refractivity (Wildman–Crippen MR) is 114 cm³/mol. The van der Waals surface area contributed by atoms with Crippen molar-refractivity contribution in [1.82, 2.24) is 9.88 Å². The zero-order valence-corrected chi connectivity index (χ0v) is 16.9. The third-order valence-corrected chi connectivity index (χ3v) is 5.90. The number of fused-ring (bicyclic) bond motifs is 2. The second kappa shape index (κ2) is 7.48. The molecule has 0 N–H and O–H groups in total. The molecule has 0 atom stereocenters. The molecule has 5 heteroatoms. The van der Waals surface area contributed by atoms with E-state index in [9.17, 15) is 9.18 Å². The first-order chi connectivity index (χ1) is 14.6. The Morgan fingerprint density at radius 3 is 2.67 bits per heavy atom. The zero-order valence-electron chi connectivity index (χ0n) is 16.9. The SMILES string of the molecule is Cc1cc(C2=NCc3cc4c(cc32)CN(CCc2ccc(F)cc2)C(=O)C4)ccn1. The number of benzene rings is 2. The molecule has 0 spiro atoms. The van der Waals surface area contributed by atoms with Crippen LogP contribution in [-0.2, 0) is 30.7 Å². The van der Waals surface area contributed by atoms with Gasteiger partial charge in [-0.15, -0.1) is 0 Å². The van der Waals surface area contributed by atoms with Gasteiger partial charge in [0.2, 0.25) is 5.91 Å². The van der Waals surface area contributed by atoms with Crippen LogP contribution < -0.4 is 0 Å². The van der Waals surface area contributed by atoms with Gasteiger partial charge in [-0.1, -0.05) is 18.2 Å². The van der Waals surface area contributed by atoms with Gasteiger partial charge in [0.05, 0.1) is 18.7 Å². The van der Waals surface area contributed by atoms with Crippen LogP contribution in [0, 0.1) is 12.7 Å². The summed E-state index contributed by atoms with van der Waals surface area (Å²) in [4.78, 5) is 23.6. The van der Waals surface area contributed by atoms with Crippen molar-refractivity contribution in [2.45, 2.75) is 32.9 Å². The van der Waals surface area contributed by atoms with Crippen molar-refractivity contribution in [3.63, 3.8) is 0 Å². The molecule has 0 aliphatic carbocycles. The molecule has 0 unspecified atom stereocenters. The Morgan fingerprint density at radius 2 is 1.87 bits per heavy atom. The Morgan fingerprint density at radius 1 is 1.03 bits per heavy atom. The number of nitrogens with zero attached hydrogens (tertiary/aromatic N) is 3. The van der Waals surface area contributed by atoms with Crippen molar-refractivity contribution in [3.8, 4) is 0 Å². The van der Waals surface area contributed by atoms with E-state index in [4.69, 9.17) is 4.99 Å². The van der Waals surface area contributed by atoms with Crippen LogP contribution in [0.15, 0.2) is 59.7 Å². The highest BCUT2D eigenvalue weighted by atomic mass is 19.1. The second-order valence-electron chi connectivity index (χ2n) is 8.00. The average molecular weight is 399 g/mol. The van der Waals surface area contributed by atoms with Crippen LogP contribution >= 0.6 is 0 Å². The Bertz CT molecular complexity index is 1170. The maximum Gasteiger partial charge on any atom is 0.227 e. The maximum atomic E-state index is 13.1. The van der Waals surface area contributed by atoms with Crippen molar-refractivity contribution in [3.05, 3.63) is 99.6 Å². The third kappa shape index (κ3) is 3.52. The van der Waals surface area contributed by atoms with E-state index in [-0.39, 0.29) is 11.7 Å². The number of aryl methyl sites for hydroxylation is 1. The minimum absolute atomic E-state index is 0.147. The lowest BCUT2D eigenvalue weighted by atomic mass is 9.91. The molecular weight excluding hydrogens is 377 g/mol. The lowest BCUT2D eigenvalue weighted by Crippen LogP contribution is -2.37. The van der Waals surface area contributed by atoms with Crippen molar-refractivity contribution in [2.75, 3.05) is 6.54 Å². The summed E-state index contributed by atoms with van der Waals surface area (Å²) in [5.74, 6) is -0.0918. The molecule has 2 aliphatic rings. The number of aromatic nitrogens is 1. The van der Waals surface area contributed by atoms with Gasteiger partial charge in [-0.25, -0.2) is 4.39 Å². The van der Waals surface area contributed by atoms with Crippen LogP contribution in [0.4, 0.5) is 4.39 Å². The molecule has 150 valence electrons. The highest BCUT2D eigenvalue weighted by molar-refractivity contribution is 6.15. The molecule has 30 heavy (non-hydrogen) atoms. The van der Waals surface area contributed by atoms with E-state index in [1.807, 2.05) is 24.1 Å². The van der Waals surface area contributed by atoms with E-state index >= 15 is 0 Å². The van der Waals surface area contributed by atoms with E-state index in [0.29, 0.717) is 26.1 Å². The summed E-state index contributed by atoms with van der Waals surface area (Å²) in [5, 5.41) is 0. The van der Waals surface area contributed by atoms with Gasteiger partial charge in [0.15, 0.2) is 0 Å². The van der Waals surface area contributed by atoms with E-state index < -0.39 is 0 Å². The molecule has 0 radical (unpaired) electrons. The molecule has 5 rings (SSSR count). The Kier molecular flexibility index (Phi) is 4.66. The highest BCUT2D eigenvalue weighted by Crippen LogP contribution is 2.30. The molecule has 2 aromatic carbocycles. The summed E-state index contributed by atoms with van der Waals surface area (Å²) < 4.78 is 13.1. The molecule has 3 heterocycles. The highest BCUT2D eigenvalue weighted by Gasteiger charge is 2.27. The number of hydrogen-bond acceptors (Lipinski definition) is 3. The molecule has 0 saturated heterocycles. The van der Waals surface area contributed by atoms with Crippen LogP contribution in [-0.4, -0.2) is 28.0 Å². The van der Waals surface area contributed by atoms with Crippen molar-refractivity contribution < 1.29 is 9.18 Å². The zero-order chi connectivity index (χ0) is 20.7. The number of carbonyl (C=O) groups excluding carboxylic acids is 1. The second-order valence-corrected chi connectivity index (χ2v) is 8.00. The smallest absolute Gasteiger partial charge is 0.227 e. The topological polar surface area (TPSA) is 45.6 Å². The molecule has 0 fully saturated rings. The number of amides is 1. The first-order valence-electron chi connectivity index (χ1n) is 10.2. The van der Waals surface area contributed by atoms with Gasteiger partial charge in [0.1, 0.15) is 5.82 Å². The van der Waals surface area contributed by atoms with Gasteiger partial charge >= 0.3 is 0 Å². The fraction of sp³-hybridized carbons (Fsp3) is 0.240. The summed E-state index contributed by atoms with van der Waals surface area (Å²) in [6, 6.07) is 14.9. The van der Waals surface area contributed by atoms with Gasteiger partial charge < -0.3 is 4.90 Å². The molecule has 2 aliphatic heterocycles. The summed E-state index contributed by atoms with van der Waals surface area (Å²) in [5.41, 5.74) is 8.74. The molecule has 1 amide bonds. The standard InChI is InChI=1S/C25H22FN3O/c1-16-10-18(6-8-27-16)25-23-12-21-15-29(9-7-17-2-4-22(26)5-3-17)24(30)13-19(21)11-20(23)14-28-25/h2-6,8,10-12H,7,9,13-15H2,1H3. The first kappa shape index (κ1) is 18.7. The molecule has 0 bridgehead atoms. The van der Waals surface area contributed by atoms with Gasteiger partial charge in [0, 0.05) is 36.1 Å². The van der Waals surface area contributed by atoms with Gasteiger partial charge in [0.25, 0.3) is 0 Å². The maximum absolute atomic E-state index is 13.1. The Hall–Kier alpha value is -3.34. The molecular formula is C25H22FN3O. The lowest BCUT2D eigenvalue weighted by Gasteiger charge is -2.29. The summed E-state index contributed by atoms with van der Waals surface area (Å²) in [6.07, 6.45) is 2.96. The number of aliphatic imine (C=N–C) groups is 1. The van der Waals surface area contributed by atoms with Gasteiger partial charge in [-0.3, -0.25) is 14.8 Å². The minimum Gasteiger partial charge on any atom is -0.338 e. The minimum atomic E-state index is -0.238. The van der Waals surface area contributed by atoms with E-state index in [1.54, 1.807) is 12.1 Å². The van der Waals surface area contributed by atoms with E-state index in [0.717, 1.165) is 40.1 Å². The fourth-order valence-corrected chi connectivity index (χ4v) is 4.28. The Balaban J connectivity index is 1.38. The van der Waals surface area contributed by atoms with Crippen LogP contribution in [0.25, 0.3) is 0 Å². The predicted octanol–water partition coefficient (Wildman–Crippen LogP) is 4.01. The fourth-order valence-electron chi connectivity index (χ4n) is 4.28. The van der Waals surface area contributed by atoms with Gasteiger partial charge in [-0.05, 0) is 65.9 Å². The molecule has 3 aromatic rings. The summed E-state index contributed by atoms with van der Waals surface area (Å²) in [6.45, 7) is 3.87. The molecule has 1 aromatic heterocycles. The van der Waals surface area contributed by atoms with Crippen LogP contribution in [0.3, 0.4) is 0 Å². The largest absolute Gasteiger partial charge is 0.338 e. The van der Waals surface area contributed by atoms with Crippen molar-refractivity contribution >= 4 is 11.6 Å². The number of hydrogen-bond donors (Lipinski definition) is 0. The van der Waals surface area contributed by atoms with Crippen LogP contribution in [0.2, 0.25) is 0 Å². The van der Waals surface area contributed by atoms with Gasteiger partial charge in [-0.2, -0.15) is 0 Å². The lowest BCUT2D eigenvalue weighted by molar-refractivity contribution is -0.131. The van der Waals surface area contributed by atoms with Crippen LogP contribution in [0.1, 0.15) is 39.1 Å². The summed E-state index contributed by atoms with van der Waals surface area (Å²) in [7, 11) is 0. The van der Waals surface area contributed by atoms with E-state index in [1.165, 1.54) is 23.3 Å². The number of carbonyl (C=O) groups is 1. The van der Waals surface area contributed by atoms with Crippen LogP contribution in [0.5, 0.6) is 0 Å². The quantitative estimate of drug-likeness (QED) is 0.666. The number of rotatable bonds is 4. The van der Waals surface area contributed by atoms with E-state index in [2.05, 4.69) is 23.2 Å². The van der Waals surface area contributed by atoms with Crippen molar-refractivity contribution in [2.24, 2.45) is 4.99 Å².